The van der Waals surface area contributed by atoms with Crippen molar-refractivity contribution in [2.75, 3.05) is 13.2 Å². The highest BCUT2D eigenvalue weighted by atomic mass is 16.6. The molecular weight excluding hydrogens is 769 g/mol. The Morgan fingerprint density at radius 1 is 0.355 bits per heavy atom. The molecule has 0 fully saturated rings. The molecule has 0 amide bonds. The predicted molar refractivity (Wildman–Crippen MR) is 265 cm³/mol. The summed E-state index contributed by atoms with van der Waals surface area (Å²) >= 11 is 0. The normalized spacial score (nSPS) is 12.8. The molecular formula is C56H94O6. The van der Waals surface area contributed by atoms with Gasteiger partial charge in [0.05, 0.1) is 0 Å². The summed E-state index contributed by atoms with van der Waals surface area (Å²) in [5.41, 5.74) is 0. The molecule has 1 unspecified atom stereocenters. The van der Waals surface area contributed by atoms with Crippen LogP contribution in [-0.4, -0.2) is 37.2 Å². The van der Waals surface area contributed by atoms with Gasteiger partial charge in [-0.25, -0.2) is 0 Å². The Morgan fingerprint density at radius 3 is 1.18 bits per heavy atom. The number of unbranched alkanes of at least 4 members (excludes halogenated alkanes) is 22. The summed E-state index contributed by atoms with van der Waals surface area (Å²) in [5.74, 6) is -0.931. The highest BCUT2D eigenvalue weighted by molar-refractivity contribution is 5.71. The molecule has 0 aliphatic carbocycles. The molecule has 0 heterocycles. The zero-order chi connectivity index (χ0) is 45.1. The summed E-state index contributed by atoms with van der Waals surface area (Å²) in [7, 11) is 0. The van der Waals surface area contributed by atoms with Crippen LogP contribution in [0.5, 0.6) is 0 Å². The summed E-state index contributed by atoms with van der Waals surface area (Å²) in [6.45, 7) is 6.34. The fraction of sp³-hybridized carbons (Fsp3) is 0.696. The first-order valence-electron chi connectivity index (χ1n) is 25.6. The smallest absolute Gasteiger partial charge is 0.306 e. The third kappa shape index (κ3) is 47.6. The molecule has 0 aromatic rings. The minimum Gasteiger partial charge on any atom is -0.462 e. The van der Waals surface area contributed by atoms with E-state index in [0.29, 0.717) is 19.3 Å². The quantitative estimate of drug-likeness (QED) is 0.0199. The highest BCUT2D eigenvalue weighted by Gasteiger charge is 2.19. The number of carbonyl (C=O) groups is 3. The van der Waals surface area contributed by atoms with Gasteiger partial charge in [0, 0.05) is 19.3 Å². The minimum absolute atomic E-state index is 0.0925. The molecule has 62 heavy (non-hydrogen) atoms. The molecule has 0 rings (SSSR count). The molecule has 0 aliphatic rings. The van der Waals surface area contributed by atoms with E-state index in [1.807, 2.05) is 0 Å². The Morgan fingerprint density at radius 2 is 0.710 bits per heavy atom. The molecule has 0 bridgehead atoms. The Kier molecular flexibility index (Phi) is 47.5. The van der Waals surface area contributed by atoms with Crippen LogP contribution in [0.1, 0.15) is 233 Å². The molecule has 354 valence electrons. The van der Waals surface area contributed by atoms with Crippen molar-refractivity contribution >= 4 is 17.9 Å². The zero-order valence-corrected chi connectivity index (χ0v) is 40.4. The lowest BCUT2D eigenvalue weighted by atomic mass is 10.1. The van der Waals surface area contributed by atoms with Crippen LogP contribution in [0.25, 0.3) is 0 Å². The minimum atomic E-state index is -0.792. The van der Waals surface area contributed by atoms with Gasteiger partial charge in [0.25, 0.3) is 0 Å². The molecule has 0 aliphatic heterocycles. The second kappa shape index (κ2) is 50.2. The Balaban J connectivity index is 4.44. The average Bonchev–Trinajstić information content (AvgIpc) is 3.27. The first-order valence-corrected chi connectivity index (χ1v) is 25.6. The third-order valence-electron chi connectivity index (χ3n) is 10.7. The SMILES string of the molecule is CC\C=C/C=C\C=C/CCCCCCCC(=O)OCC(COC(=O)CCCCCCCC/C=C\C/C=C\C/C=C\CC)OC(=O)CCCCCCCCC/C=C\CCCCCC. The van der Waals surface area contributed by atoms with Crippen LogP contribution in [0, 0.1) is 0 Å². The van der Waals surface area contributed by atoms with E-state index in [9.17, 15) is 14.4 Å². The van der Waals surface area contributed by atoms with E-state index in [4.69, 9.17) is 14.2 Å². The number of ether oxygens (including phenoxy) is 3. The van der Waals surface area contributed by atoms with Gasteiger partial charge < -0.3 is 14.2 Å². The second-order valence-electron chi connectivity index (χ2n) is 16.7. The number of carbonyl (C=O) groups excluding carboxylic acids is 3. The van der Waals surface area contributed by atoms with E-state index in [2.05, 4.69) is 106 Å². The van der Waals surface area contributed by atoms with Crippen LogP contribution in [0.2, 0.25) is 0 Å². The van der Waals surface area contributed by atoms with Crippen molar-refractivity contribution in [1.82, 2.24) is 0 Å². The number of hydrogen-bond donors (Lipinski definition) is 0. The summed E-state index contributed by atoms with van der Waals surface area (Å²) in [6, 6.07) is 0. The lowest BCUT2D eigenvalue weighted by Crippen LogP contribution is -2.30. The van der Waals surface area contributed by atoms with Crippen LogP contribution >= 0.6 is 0 Å². The highest BCUT2D eigenvalue weighted by Crippen LogP contribution is 2.14. The topological polar surface area (TPSA) is 78.9 Å². The molecule has 6 heteroatoms. The lowest BCUT2D eigenvalue weighted by Gasteiger charge is -2.18. The van der Waals surface area contributed by atoms with Crippen molar-refractivity contribution in [3.8, 4) is 0 Å². The first kappa shape index (κ1) is 58.6. The van der Waals surface area contributed by atoms with Crippen LogP contribution in [0.15, 0.2) is 85.1 Å². The molecule has 0 N–H and O–H groups in total. The number of esters is 3. The van der Waals surface area contributed by atoms with Crippen molar-refractivity contribution in [3.63, 3.8) is 0 Å². The van der Waals surface area contributed by atoms with Gasteiger partial charge in [-0.2, -0.15) is 0 Å². The molecule has 6 nitrogen and oxygen atoms in total. The monoisotopic (exact) mass is 863 g/mol. The summed E-state index contributed by atoms with van der Waals surface area (Å²) in [5, 5.41) is 0. The second-order valence-corrected chi connectivity index (χ2v) is 16.7. The molecule has 0 radical (unpaired) electrons. The van der Waals surface area contributed by atoms with Gasteiger partial charge in [0.15, 0.2) is 6.10 Å². The third-order valence-corrected chi connectivity index (χ3v) is 10.7. The van der Waals surface area contributed by atoms with Crippen LogP contribution in [0.4, 0.5) is 0 Å². The summed E-state index contributed by atoms with van der Waals surface area (Å²) < 4.78 is 16.8. The van der Waals surface area contributed by atoms with Crippen LogP contribution in [0.3, 0.4) is 0 Å². The lowest BCUT2D eigenvalue weighted by molar-refractivity contribution is -0.167. The fourth-order valence-corrected chi connectivity index (χ4v) is 6.86. The predicted octanol–water partition coefficient (Wildman–Crippen LogP) is 16.8. The standard InChI is InChI=1S/C56H94O6/c1-4-7-10-13-16-19-22-25-27-29-31-34-37-40-43-46-49-55(58)61-52-53(51-60-54(57)48-45-42-39-36-33-30-24-21-18-15-12-9-6-3)62-56(59)50-47-44-41-38-35-32-28-26-23-20-17-14-11-8-5-2/h7,9-10,12,15-16,18-21,23-25,27,53H,4-6,8,11,13-14,17,22,26,28-52H2,1-3H3/b10-7-,12-9-,18-15-,19-16-,23-20-,24-21-,27-25-. The van der Waals surface area contributed by atoms with E-state index in [1.165, 1.54) is 83.5 Å². The largest absolute Gasteiger partial charge is 0.462 e. The van der Waals surface area contributed by atoms with Gasteiger partial charge in [-0.05, 0) is 96.3 Å². The van der Waals surface area contributed by atoms with Gasteiger partial charge in [-0.3, -0.25) is 14.4 Å². The van der Waals surface area contributed by atoms with Crippen molar-refractivity contribution in [2.45, 2.75) is 239 Å². The zero-order valence-electron chi connectivity index (χ0n) is 40.4. The summed E-state index contributed by atoms with van der Waals surface area (Å²) in [4.78, 5) is 38.0. The van der Waals surface area contributed by atoms with E-state index in [1.54, 1.807) is 0 Å². The van der Waals surface area contributed by atoms with Crippen LogP contribution < -0.4 is 0 Å². The van der Waals surface area contributed by atoms with Crippen molar-refractivity contribution in [1.29, 1.82) is 0 Å². The maximum Gasteiger partial charge on any atom is 0.306 e. The number of hydrogen-bond acceptors (Lipinski definition) is 6. The van der Waals surface area contributed by atoms with E-state index in [-0.39, 0.29) is 31.1 Å². The van der Waals surface area contributed by atoms with Gasteiger partial charge in [0.1, 0.15) is 13.2 Å². The van der Waals surface area contributed by atoms with Crippen molar-refractivity contribution in [3.05, 3.63) is 85.1 Å². The van der Waals surface area contributed by atoms with E-state index < -0.39 is 6.10 Å². The first-order chi connectivity index (χ1) is 30.5. The van der Waals surface area contributed by atoms with Gasteiger partial charge in [0.2, 0.25) is 0 Å². The maximum absolute atomic E-state index is 12.8. The Hall–Kier alpha value is -3.41. The van der Waals surface area contributed by atoms with Gasteiger partial charge in [-0.15, -0.1) is 0 Å². The maximum atomic E-state index is 12.8. The Labute approximate surface area is 382 Å². The van der Waals surface area contributed by atoms with Crippen LogP contribution in [-0.2, 0) is 28.6 Å². The van der Waals surface area contributed by atoms with E-state index in [0.717, 1.165) is 109 Å². The number of rotatable bonds is 45. The van der Waals surface area contributed by atoms with Gasteiger partial charge in [-0.1, -0.05) is 202 Å². The molecule has 0 spiro atoms. The van der Waals surface area contributed by atoms with Gasteiger partial charge >= 0.3 is 17.9 Å². The average molecular weight is 863 g/mol. The molecule has 0 saturated heterocycles. The summed E-state index contributed by atoms with van der Waals surface area (Å²) in [6.07, 6.45) is 64.2. The van der Waals surface area contributed by atoms with Crippen molar-refractivity contribution in [2.24, 2.45) is 0 Å². The molecule has 0 saturated carbocycles. The fourth-order valence-electron chi connectivity index (χ4n) is 6.86. The molecule has 1 atom stereocenters. The molecule has 0 aromatic heterocycles. The Bertz CT molecular complexity index is 1220. The van der Waals surface area contributed by atoms with Crippen molar-refractivity contribution < 1.29 is 28.6 Å². The van der Waals surface area contributed by atoms with E-state index >= 15 is 0 Å². The number of allylic oxidation sites excluding steroid dienone is 14. The molecule has 0 aromatic carbocycles.